The van der Waals surface area contributed by atoms with Gasteiger partial charge in [-0.05, 0) is 65.8 Å². The van der Waals surface area contributed by atoms with Crippen molar-refractivity contribution in [2.24, 2.45) is 0 Å². The van der Waals surface area contributed by atoms with Crippen molar-refractivity contribution in [2.45, 2.75) is 60.0 Å². The lowest BCUT2D eigenvalue weighted by molar-refractivity contribution is 0.631. The normalized spacial score (nSPS) is 11.6. The second-order valence-electron chi connectivity index (χ2n) is 6.33. The Balaban J connectivity index is 0.00000256. The van der Waals surface area contributed by atoms with Crippen LogP contribution >= 0.6 is 0 Å². The molecular formula is C15H28N2. The fourth-order valence-electron chi connectivity index (χ4n) is 1.50. The highest BCUT2D eigenvalue weighted by Gasteiger charge is 2.10. The summed E-state index contributed by atoms with van der Waals surface area (Å²) in [6.07, 6.45) is 0. The van der Waals surface area contributed by atoms with E-state index in [0.29, 0.717) is 0 Å². The summed E-state index contributed by atoms with van der Waals surface area (Å²) in [5, 5.41) is 6.89. The molecule has 1 aromatic carbocycles. The van der Waals surface area contributed by atoms with E-state index in [1.807, 2.05) is 0 Å². The quantitative estimate of drug-likeness (QED) is 0.774. The molecule has 0 atom stereocenters. The maximum absolute atomic E-state index is 3.44. The van der Waals surface area contributed by atoms with Crippen LogP contribution in [-0.2, 0) is 0 Å². The summed E-state index contributed by atoms with van der Waals surface area (Å²) in [4.78, 5) is 0. The molecule has 0 unspecified atom stereocenters. The minimum absolute atomic E-state index is 0. The molecule has 0 amide bonds. The standard InChI is InChI=1S/C14H24N2.CH4/c1-13(2,3)15-11-7-9-12(10-8-11)16-14(4,5)6;/h7-10,15-16H,1-6H3;1H4. The number of rotatable bonds is 2. The second-order valence-corrected chi connectivity index (χ2v) is 6.33. The molecule has 0 aromatic heterocycles. The van der Waals surface area contributed by atoms with Gasteiger partial charge in [0, 0.05) is 22.5 Å². The Hall–Kier alpha value is -1.18. The fourth-order valence-corrected chi connectivity index (χ4v) is 1.50. The Labute approximate surface area is 107 Å². The maximum Gasteiger partial charge on any atom is 0.0345 e. The van der Waals surface area contributed by atoms with E-state index < -0.39 is 0 Å². The Bertz CT molecular complexity index is 290. The van der Waals surface area contributed by atoms with E-state index in [9.17, 15) is 0 Å². The molecule has 0 aliphatic rings. The van der Waals surface area contributed by atoms with Crippen molar-refractivity contribution >= 4 is 11.4 Å². The van der Waals surface area contributed by atoms with Crippen molar-refractivity contribution in [1.82, 2.24) is 0 Å². The molecule has 0 spiro atoms. The molecule has 2 N–H and O–H groups in total. The average molecular weight is 236 g/mol. The van der Waals surface area contributed by atoms with Crippen LogP contribution < -0.4 is 10.6 Å². The molecule has 0 aliphatic heterocycles. The lowest BCUT2D eigenvalue weighted by atomic mass is 10.1. The Morgan fingerprint density at radius 1 is 0.647 bits per heavy atom. The van der Waals surface area contributed by atoms with E-state index in [2.05, 4.69) is 76.4 Å². The number of hydrogen-bond acceptors (Lipinski definition) is 2. The fraction of sp³-hybridized carbons (Fsp3) is 0.600. The lowest BCUT2D eigenvalue weighted by Crippen LogP contribution is -2.27. The molecule has 0 saturated heterocycles. The van der Waals surface area contributed by atoms with Gasteiger partial charge in [-0.25, -0.2) is 0 Å². The summed E-state index contributed by atoms with van der Waals surface area (Å²) in [5.41, 5.74) is 2.54. The van der Waals surface area contributed by atoms with Crippen LogP contribution in [-0.4, -0.2) is 11.1 Å². The van der Waals surface area contributed by atoms with E-state index in [-0.39, 0.29) is 18.5 Å². The van der Waals surface area contributed by atoms with Gasteiger partial charge in [-0.15, -0.1) is 0 Å². The SMILES string of the molecule is C.CC(C)(C)Nc1ccc(NC(C)(C)C)cc1. The molecule has 0 heterocycles. The molecule has 1 rings (SSSR count). The number of benzene rings is 1. The van der Waals surface area contributed by atoms with Gasteiger partial charge in [-0.3, -0.25) is 0 Å². The van der Waals surface area contributed by atoms with E-state index in [4.69, 9.17) is 0 Å². The molecule has 0 radical (unpaired) electrons. The third-order valence-corrected chi connectivity index (χ3v) is 1.92. The number of nitrogens with one attached hydrogen (secondary N) is 2. The zero-order valence-electron chi connectivity index (χ0n) is 11.3. The van der Waals surface area contributed by atoms with Crippen LogP contribution in [0, 0.1) is 0 Å². The molecule has 17 heavy (non-hydrogen) atoms. The van der Waals surface area contributed by atoms with Crippen LogP contribution in [0.15, 0.2) is 24.3 Å². The first-order valence-corrected chi connectivity index (χ1v) is 5.82. The van der Waals surface area contributed by atoms with Crippen LogP contribution in [0.25, 0.3) is 0 Å². The van der Waals surface area contributed by atoms with Gasteiger partial charge in [0.05, 0.1) is 0 Å². The molecule has 0 fully saturated rings. The van der Waals surface area contributed by atoms with Crippen LogP contribution in [0.3, 0.4) is 0 Å². The molecule has 0 saturated carbocycles. The van der Waals surface area contributed by atoms with Crippen molar-refractivity contribution in [1.29, 1.82) is 0 Å². The third-order valence-electron chi connectivity index (χ3n) is 1.92. The van der Waals surface area contributed by atoms with Gasteiger partial charge in [0.25, 0.3) is 0 Å². The van der Waals surface area contributed by atoms with Crippen molar-refractivity contribution < 1.29 is 0 Å². The summed E-state index contributed by atoms with van der Waals surface area (Å²) < 4.78 is 0. The van der Waals surface area contributed by atoms with Crippen LogP contribution in [0.1, 0.15) is 49.0 Å². The smallest absolute Gasteiger partial charge is 0.0345 e. The first kappa shape index (κ1) is 15.8. The highest BCUT2D eigenvalue weighted by molar-refractivity contribution is 5.55. The first-order valence-electron chi connectivity index (χ1n) is 5.82. The van der Waals surface area contributed by atoms with E-state index in [0.717, 1.165) is 11.4 Å². The zero-order valence-corrected chi connectivity index (χ0v) is 11.3. The van der Waals surface area contributed by atoms with Crippen molar-refractivity contribution in [3.63, 3.8) is 0 Å². The average Bonchev–Trinajstić information content (AvgIpc) is 2.03. The van der Waals surface area contributed by atoms with Gasteiger partial charge in [-0.1, -0.05) is 7.43 Å². The molecule has 98 valence electrons. The summed E-state index contributed by atoms with van der Waals surface area (Å²) in [7, 11) is 0. The molecule has 2 nitrogen and oxygen atoms in total. The molecule has 0 aliphatic carbocycles. The lowest BCUT2D eigenvalue weighted by Gasteiger charge is -2.24. The van der Waals surface area contributed by atoms with Gasteiger partial charge in [0.1, 0.15) is 0 Å². The summed E-state index contributed by atoms with van der Waals surface area (Å²) in [6, 6.07) is 8.44. The maximum atomic E-state index is 3.44. The minimum Gasteiger partial charge on any atom is -0.380 e. The van der Waals surface area contributed by atoms with E-state index in [1.165, 1.54) is 0 Å². The van der Waals surface area contributed by atoms with Crippen molar-refractivity contribution in [3.05, 3.63) is 24.3 Å². The first-order chi connectivity index (χ1) is 7.16. The van der Waals surface area contributed by atoms with E-state index in [1.54, 1.807) is 0 Å². The highest BCUT2D eigenvalue weighted by atomic mass is 15.0. The highest BCUT2D eigenvalue weighted by Crippen LogP contribution is 2.19. The van der Waals surface area contributed by atoms with Crippen molar-refractivity contribution in [2.75, 3.05) is 10.6 Å². The number of anilines is 2. The second kappa shape index (κ2) is 5.44. The van der Waals surface area contributed by atoms with Gasteiger partial charge in [-0.2, -0.15) is 0 Å². The summed E-state index contributed by atoms with van der Waals surface area (Å²) >= 11 is 0. The Kier molecular flexibility index (Phi) is 5.06. The van der Waals surface area contributed by atoms with Gasteiger partial charge in [0.15, 0.2) is 0 Å². The topological polar surface area (TPSA) is 24.1 Å². The largest absolute Gasteiger partial charge is 0.380 e. The molecule has 0 bridgehead atoms. The predicted molar refractivity (Wildman–Crippen MR) is 79.9 cm³/mol. The van der Waals surface area contributed by atoms with Crippen LogP contribution in [0.2, 0.25) is 0 Å². The molecule has 2 heteroatoms. The van der Waals surface area contributed by atoms with Gasteiger partial charge < -0.3 is 10.6 Å². The Morgan fingerprint density at radius 3 is 1.06 bits per heavy atom. The van der Waals surface area contributed by atoms with Crippen LogP contribution in [0.4, 0.5) is 11.4 Å². The third kappa shape index (κ3) is 6.88. The monoisotopic (exact) mass is 236 g/mol. The van der Waals surface area contributed by atoms with Crippen molar-refractivity contribution in [3.8, 4) is 0 Å². The van der Waals surface area contributed by atoms with Crippen LogP contribution in [0.5, 0.6) is 0 Å². The molecule has 1 aromatic rings. The zero-order chi connectivity index (χ0) is 12.4. The number of hydrogen-bond donors (Lipinski definition) is 2. The van der Waals surface area contributed by atoms with Gasteiger partial charge in [0.2, 0.25) is 0 Å². The summed E-state index contributed by atoms with van der Waals surface area (Å²) in [6.45, 7) is 13.0. The minimum atomic E-state index is 0. The Morgan fingerprint density at radius 2 is 0.882 bits per heavy atom. The van der Waals surface area contributed by atoms with Gasteiger partial charge >= 0.3 is 0 Å². The van der Waals surface area contributed by atoms with E-state index >= 15 is 0 Å². The molecular weight excluding hydrogens is 208 g/mol. The summed E-state index contributed by atoms with van der Waals surface area (Å²) in [5.74, 6) is 0. The predicted octanol–water partition coefficient (Wildman–Crippen LogP) is 4.74.